The standard InChI is InChI=1S/C19H29N5O/c1-3-4-5-19-20-11-17(23-19)12-24-8-9-25-18(13-24)7-6-16-10-15(2)21-14-22-16/h10-11,14,18H,3-9,12-13H2,1-2H3,(H,20,23)/t18-/m0/s1. The number of imidazole rings is 1. The Morgan fingerprint density at radius 2 is 2.20 bits per heavy atom. The van der Waals surface area contributed by atoms with E-state index in [2.05, 4.69) is 37.8 Å². The van der Waals surface area contributed by atoms with E-state index in [-0.39, 0.29) is 6.10 Å². The van der Waals surface area contributed by atoms with E-state index in [1.54, 1.807) is 6.33 Å². The molecular formula is C19H29N5O. The fourth-order valence-corrected chi connectivity index (χ4v) is 3.25. The molecule has 1 atom stereocenters. The van der Waals surface area contributed by atoms with Gasteiger partial charge in [0.25, 0.3) is 0 Å². The molecule has 0 radical (unpaired) electrons. The van der Waals surface area contributed by atoms with Crippen LogP contribution in [0, 0.1) is 6.92 Å². The second-order valence-electron chi connectivity index (χ2n) is 6.88. The molecule has 6 nitrogen and oxygen atoms in total. The molecule has 0 bridgehead atoms. The first-order valence-electron chi connectivity index (χ1n) is 9.37. The molecule has 0 unspecified atom stereocenters. The Hall–Kier alpha value is -1.79. The third kappa shape index (κ3) is 5.61. The van der Waals surface area contributed by atoms with Gasteiger partial charge in [0.2, 0.25) is 0 Å². The van der Waals surface area contributed by atoms with Crippen molar-refractivity contribution in [3.05, 3.63) is 41.5 Å². The summed E-state index contributed by atoms with van der Waals surface area (Å²) in [5, 5.41) is 0. The zero-order chi connectivity index (χ0) is 17.5. The van der Waals surface area contributed by atoms with Crippen molar-refractivity contribution in [2.75, 3.05) is 19.7 Å². The number of aromatic amines is 1. The second-order valence-corrected chi connectivity index (χ2v) is 6.88. The Balaban J connectivity index is 1.46. The molecule has 2 aromatic heterocycles. The minimum Gasteiger partial charge on any atom is -0.376 e. The van der Waals surface area contributed by atoms with Crippen LogP contribution in [-0.2, 0) is 24.1 Å². The largest absolute Gasteiger partial charge is 0.376 e. The van der Waals surface area contributed by atoms with E-state index in [0.29, 0.717) is 0 Å². The summed E-state index contributed by atoms with van der Waals surface area (Å²) in [5.41, 5.74) is 3.33. The van der Waals surface area contributed by atoms with Crippen molar-refractivity contribution in [1.29, 1.82) is 0 Å². The molecule has 6 heteroatoms. The third-order valence-electron chi connectivity index (χ3n) is 4.65. The van der Waals surface area contributed by atoms with Gasteiger partial charge < -0.3 is 9.72 Å². The van der Waals surface area contributed by atoms with Gasteiger partial charge in [-0.3, -0.25) is 4.90 Å². The molecule has 1 saturated heterocycles. The number of ether oxygens (including phenoxy) is 1. The average molecular weight is 343 g/mol. The SMILES string of the molecule is CCCCc1ncc(CN2CCO[C@@H](CCc3cc(C)ncn3)C2)[nH]1. The van der Waals surface area contributed by atoms with Gasteiger partial charge >= 0.3 is 0 Å². The van der Waals surface area contributed by atoms with E-state index in [4.69, 9.17) is 4.74 Å². The van der Waals surface area contributed by atoms with Crippen LogP contribution in [0.5, 0.6) is 0 Å². The Labute approximate surface area is 150 Å². The van der Waals surface area contributed by atoms with Crippen molar-refractivity contribution in [2.45, 2.75) is 58.6 Å². The normalized spacial score (nSPS) is 18.6. The highest BCUT2D eigenvalue weighted by atomic mass is 16.5. The van der Waals surface area contributed by atoms with Crippen LogP contribution in [0.1, 0.15) is 49.1 Å². The number of aryl methyl sites for hydroxylation is 3. The molecule has 2 aromatic rings. The van der Waals surface area contributed by atoms with Crippen LogP contribution in [0.15, 0.2) is 18.6 Å². The molecule has 0 saturated carbocycles. The first-order valence-corrected chi connectivity index (χ1v) is 9.37. The number of nitrogens with zero attached hydrogens (tertiary/aromatic N) is 4. The lowest BCUT2D eigenvalue weighted by molar-refractivity contribution is -0.0349. The highest BCUT2D eigenvalue weighted by Gasteiger charge is 2.21. The molecule has 1 N–H and O–H groups in total. The van der Waals surface area contributed by atoms with Gasteiger partial charge in [-0.1, -0.05) is 13.3 Å². The molecule has 0 aliphatic carbocycles. The highest BCUT2D eigenvalue weighted by molar-refractivity contribution is 5.06. The maximum absolute atomic E-state index is 5.95. The molecule has 3 rings (SSSR count). The molecule has 136 valence electrons. The van der Waals surface area contributed by atoms with E-state index < -0.39 is 0 Å². The Morgan fingerprint density at radius 1 is 1.28 bits per heavy atom. The van der Waals surface area contributed by atoms with Crippen LogP contribution in [0.4, 0.5) is 0 Å². The van der Waals surface area contributed by atoms with E-state index in [0.717, 1.165) is 62.7 Å². The smallest absolute Gasteiger partial charge is 0.115 e. The molecular weight excluding hydrogens is 314 g/mol. The number of hydrogen-bond acceptors (Lipinski definition) is 5. The molecule has 0 amide bonds. The number of aromatic nitrogens is 4. The monoisotopic (exact) mass is 343 g/mol. The number of morpholine rings is 1. The third-order valence-corrected chi connectivity index (χ3v) is 4.65. The molecule has 0 aromatic carbocycles. The van der Waals surface area contributed by atoms with E-state index in [1.165, 1.54) is 18.5 Å². The first kappa shape index (κ1) is 18.0. The molecule has 3 heterocycles. The number of unbranched alkanes of at least 4 members (excludes halogenated alkanes) is 1. The zero-order valence-corrected chi connectivity index (χ0v) is 15.4. The Bertz CT molecular complexity index is 657. The molecule has 0 spiro atoms. The number of hydrogen-bond donors (Lipinski definition) is 1. The maximum Gasteiger partial charge on any atom is 0.115 e. The van der Waals surface area contributed by atoms with Crippen molar-refractivity contribution in [3.8, 4) is 0 Å². The predicted octanol–water partition coefficient (Wildman–Crippen LogP) is 2.68. The Kier molecular flexibility index (Phi) is 6.53. The van der Waals surface area contributed by atoms with Gasteiger partial charge in [-0.2, -0.15) is 0 Å². The number of nitrogens with one attached hydrogen (secondary N) is 1. The van der Waals surface area contributed by atoms with Crippen LogP contribution in [0.3, 0.4) is 0 Å². The summed E-state index contributed by atoms with van der Waals surface area (Å²) in [7, 11) is 0. The summed E-state index contributed by atoms with van der Waals surface area (Å²) >= 11 is 0. The van der Waals surface area contributed by atoms with Gasteiger partial charge in [-0.15, -0.1) is 0 Å². The van der Waals surface area contributed by atoms with Crippen LogP contribution in [-0.4, -0.2) is 50.6 Å². The summed E-state index contributed by atoms with van der Waals surface area (Å²) < 4.78 is 5.95. The van der Waals surface area contributed by atoms with Crippen molar-refractivity contribution in [1.82, 2.24) is 24.8 Å². The predicted molar refractivity (Wildman–Crippen MR) is 97.3 cm³/mol. The topological polar surface area (TPSA) is 66.9 Å². The van der Waals surface area contributed by atoms with Crippen molar-refractivity contribution in [2.24, 2.45) is 0 Å². The van der Waals surface area contributed by atoms with Gasteiger partial charge in [0.1, 0.15) is 12.2 Å². The molecule has 1 fully saturated rings. The fraction of sp³-hybridized carbons (Fsp3) is 0.632. The van der Waals surface area contributed by atoms with Crippen LogP contribution >= 0.6 is 0 Å². The van der Waals surface area contributed by atoms with Gasteiger partial charge in [0, 0.05) is 49.3 Å². The zero-order valence-electron chi connectivity index (χ0n) is 15.4. The summed E-state index contributed by atoms with van der Waals surface area (Å²) in [6.07, 6.45) is 9.27. The quantitative estimate of drug-likeness (QED) is 0.798. The van der Waals surface area contributed by atoms with Crippen molar-refractivity contribution in [3.63, 3.8) is 0 Å². The number of H-pyrrole nitrogens is 1. The fourth-order valence-electron chi connectivity index (χ4n) is 3.25. The number of rotatable bonds is 8. The lowest BCUT2D eigenvalue weighted by atomic mass is 10.1. The second kappa shape index (κ2) is 9.06. The lowest BCUT2D eigenvalue weighted by Gasteiger charge is -2.32. The van der Waals surface area contributed by atoms with Gasteiger partial charge in [0.05, 0.1) is 12.7 Å². The van der Waals surface area contributed by atoms with E-state index in [1.807, 2.05) is 13.1 Å². The van der Waals surface area contributed by atoms with Gasteiger partial charge in [-0.05, 0) is 32.3 Å². The summed E-state index contributed by atoms with van der Waals surface area (Å²) in [4.78, 5) is 18.9. The highest BCUT2D eigenvalue weighted by Crippen LogP contribution is 2.14. The van der Waals surface area contributed by atoms with Crippen molar-refractivity contribution >= 4 is 0 Å². The molecule has 25 heavy (non-hydrogen) atoms. The molecule has 1 aliphatic heterocycles. The minimum absolute atomic E-state index is 0.270. The van der Waals surface area contributed by atoms with Gasteiger partial charge in [0.15, 0.2) is 0 Å². The maximum atomic E-state index is 5.95. The summed E-state index contributed by atoms with van der Waals surface area (Å²) in [5.74, 6) is 1.11. The van der Waals surface area contributed by atoms with Gasteiger partial charge in [-0.25, -0.2) is 15.0 Å². The van der Waals surface area contributed by atoms with E-state index in [9.17, 15) is 0 Å². The Morgan fingerprint density at radius 3 is 3.04 bits per heavy atom. The minimum atomic E-state index is 0.270. The average Bonchev–Trinajstić information content (AvgIpc) is 3.06. The summed E-state index contributed by atoms with van der Waals surface area (Å²) in [6, 6.07) is 2.06. The van der Waals surface area contributed by atoms with Crippen LogP contribution in [0.2, 0.25) is 0 Å². The first-order chi connectivity index (χ1) is 12.2. The molecule has 1 aliphatic rings. The van der Waals surface area contributed by atoms with Crippen LogP contribution < -0.4 is 0 Å². The van der Waals surface area contributed by atoms with Crippen molar-refractivity contribution < 1.29 is 4.74 Å². The van der Waals surface area contributed by atoms with Crippen LogP contribution in [0.25, 0.3) is 0 Å². The van der Waals surface area contributed by atoms with E-state index >= 15 is 0 Å². The lowest BCUT2D eigenvalue weighted by Crippen LogP contribution is -2.42. The summed E-state index contributed by atoms with van der Waals surface area (Å²) in [6.45, 7) is 7.87.